The van der Waals surface area contributed by atoms with Crippen molar-refractivity contribution < 1.29 is 18.9 Å². The van der Waals surface area contributed by atoms with Crippen LogP contribution in [0.2, 0.25) is 0 Å². The molecule has 0 spiro atoms. The van der Waals surface area contributed by atoms with Gasteiger partial charge in [-0.2, -0.15) is 5.10 Å². The second kappa shape index (κ2) is 9.16. The molecule has 0 aliphatic heterocycles. The molecule has 3 rings (SSSR count). The zero-order chi connectivity index (χ0) is 20.8. The topological polar surface area (TPSA) is 107 Å². The van der Waals surface area contributed by atoms with Crippen molar-refractivity contribution in [3.8, 4) is 17.1 Å². The van der Waals surface area contributed by atoms with E-state index in [1.165, 1.54) is 25.5 Å². The van der Waals surface area contributed by atoms with Crippen LogP contribution in [0.1, 0.15) is 11.3 Å². The highest BCUT2D eigenvalue weighted by molar-refractivity contribution is 9.10. The number of rotatable bonds is 7. The molecule has 8 nitrogen and oxygen atoms in total. The number of hydrogen-bond donors (Lipinski definition) is 1. The van der Waals surface area contributed by atoms with E-state index in [-0.39, 0.29) is 18.0 Å². The first kappa shape index (κ1) is 20.3. The molecule has 148 valence electrons. The van der Waals surface area contributed by atoms with Crippen molar-refractivity contribution in [2.24, 2.45) is 5.10 Å². The van der Waals surface area contributed by atoms with Gasteiger partial charge < -0.3 is 9.15 Å². The number of non-ortho nitro benzene ring substituents is 1. The first-order chi connectivity index (χ1) is 14.0. The highest BCUT2D eigenvalue weighted by atomic mass is 79.9. The van der Waals surface area contributed by atoms with Gasteiger partial charge in [0, 0.05) is 10.5 Å². The van der Waals surface area contributed by atoms with E-state index in [9.17, 15) is 14.9 Å². The van der Waals surface area contributed by atoms with E-state index in [0.717, 1.165) is 10.0 Å². The van der Waals surface area contributed by atoms with Crippen molar-refractivity contribution in [3.63, 3.8) is 0 Å². The highest BCUT2D eigenvalue weighted by Gasteiger charge is 2.15. The van der Waals surface area contributed by atoms with Crippen LogP contribution in [-0.4, -0.2) is 24.2 Å². The minimum Gasteiger partial charge on any atom is -0.496 e. The number of amides is 1. The van der Waals surface area contributed by atoms with Gasteiger partial charge in [-0.3, -0.25) is 14.9 Å². The number of methoxy groups -OCH3 is 1. The summed E-state index contributed by atoms with van der Waals surface area (Å²) >= 11 is 3.34. The van der Waals surface area contributed by atoms with Crippen molar-refractivity contribution in [2.45, 2.75) is 6.42 Å². The number of ether oxygens (including phenoxy) is 1. The Morgan fingerprint density at radius 1 is 1.24 bits per heavy atom. The zero-order valence-corrected chi connectivity index (χ0v) is 16.9. The van der Waals surface area contributed by atoms with Crippen LogP contribution in [0.5, 0.6) is 5.75 Å². The lowest BCUT2D eigenvalue weighted by Gasteiger charge is -2.05. The Hall–Kier alpha value is -3.46. The third-order valence-corrected chi connectivity index (χ3v) is 4.48. The Morgan fingerprint density at radius 2 is 2.00 bits per heavy atom. The maximum absolute atomic E-state index is 11.9. The molecular weight excluding hydrogens is 442 g/mol. The van der Waals surface area contributed by atoms with Crippen molar-refractivity contribution in [1.82, 2.24) is 5.43 Å². The van der Waals surface area contributed by atoms with Gasteiger partial charge in [0.2, 0.25) is 5.91 Å². The van der Waals surface area contributed by atoms with Crippen molar-refractivity contribution >= 4 is 33.7 Å². The van der Waals surface area contributed by atoms with Crippen molar-refractivity contribution in [2.75, 3.05) is 7.11 Å². The van der Waals surface area contributed by atoms with Crippen LogP contribution in [0.3, 0.4) is 0 Å². The van der Waals surface area contributed by atoms with Gasteiger partial charge in [-0.15, -0.1) is 0 Å². The summed E-state index contributed by atoms with van der Waals surface area (Å²) in [6.07, 6.45) is 1.58. The van der Waals surface area contributed by atoms with Gasteiger partial charge in [0.1, 0.15) is 17.3 Å². The molecule has 1 aromatic heterocycles. The summed E-state index contributed by atoms with van der Waals surface area (Å²) in [6.45, 7) is 0. The predicted molar refractivity (Wildman–Crippen MR) is 111 cm³/mol. The van der Waals surface area contributed by atoms with Crippen molar-refractivity contribution in [3.05, 3.63) is 80.5 Å². The lowest BCUT2D eigenvalue weighted by molar-refractivity contribution is -0.384. The molecule has 1 N–H and O–H groups in total. The molecule has 1 amide bonds. The fourth-order valence-corrected chi connectivity index (χ4v) is 2.82. The van der Waals surface area contributed by atoms with Crippen LogP contribution in [0.15, 0.2) is 68.6 Å². The summed E-state index contributed by atoms with van der Waals surface area (Å²) in [5, 5.41) is 14.8. The van der Waals surface area contributed by atoms with E-state index in [2.05, 4.69) is 26.5 Å². The Balaban J connectivity index is 1.65. The molecule has 0 fully saturated rings. The third kappa shape index (κ3) is 5.29. The number of hydrazone groups is 1. The monoisotopic (exact) mass is 457 g/mol. The van der Waals surface area contributed by atoms with E-state index in [0.29, 0.717) is 22.8 Å². The lowest BCUT2D eigenvalue weighted by atomic mass is 10.1. The Bertz CT molecular complexity index is 1060. The quantitative estimate of drug-likeness (QED) is 0.323. The smallest absolute Gasteiger partial charge is 0.273 e. The summed E-state index contributed by atoms with van der Waals surface area (Å²) < 4.78 is 11.8. The molecule has 3 aromatic rings. The van der Waals surface area contributed by atoms with Crippen LogP contribution < -0.4 is 10.2 Å². The van der Waals surface area contributed by atoms with Gasteiger partial charge in [0.05, 0.1) is 36.3 Å². The molecule has 1 heterocycles. The molecule has 0 bridgehead atoms. The van der Waals surface area contributed by atoms with Crippen molar-refractivity contribution in [1.29, 1.82) is 0 Å². The number of carbonyl (C=O) groups is 1. The van der Waals surface area contributed by atoms with E-state index < -0.39 is 4.92 Å². The maximum atomic E-state index is 11.9. The van der Waals surface area contributed by atoms with Gasteiger partial charge in [-0.1, -0.05) is 28.1 Å². The van der Waals surface area contributed by atoms with Crippen LogP contribution in [-0.2, 0) is 11.2 Å². The van der Waals surface area contributed by atoms with E-state index >= 15 is 0 Å². The minimum absolute atomic E-state index is 0.0765. The maximum Gasteiger partial charge on any atom is 0.273 e. The molecule has 29 heavy (non-hydrogen) atoms. The summed E-state index contributed by atoms with van der Waals surface area (Å²) in [4.78, 5) is 22.3. The summed E-state index contributed by atoms with van der Waals surface area (Å²) in [6, 6.07) is 15.0. The number of furan rings is 1. The summed E-state index contributed by atoms with van der Waals surface area (Å²) in [5.74, 6) is 0.927. The molecule has 9 heteroatoms. The van der Waals surface area contributed by atoms with Gasteiger partial charge in [0.15, 0.2) is 0 Å². The predicted octanol–water partition coefficient (Wildman–Crippen LogP) is 4.32. The van der Waals surface area contributed by atoms with Crippen LogP contribution in [0.25, 0.3) is 11.3 Å². The normalized spacial score (nSPS) is 10.8. The average Bonchev–Trinajstić information content (AvgIpc) is 3.18. The first-order valence-electron chi connectivity index (χ1n) is 8.45. The molecular formula is C20H16BrN3O5. The van der Waals surface area contributed by atoms with Crippen LogP contribution in [0.4, 0.5) is 5.69 Å². The van der Waals surface area contributed by atoms with Gasteiger partial charge in [0.25, 0.3) is 5.69 Å². The van der Waals surface area contributed by atoms with E-state index in [1.54, 1.807) is 18.2 Å². The zero-order valence-electron chi connectivity index (χ0n) is 15.3. The Labute approximate surface area is 174 Å². The highest BCUT2D eigenvalue weighted by Crippen LogP contribution is 2.34. The van der Waals surface area contributed by atoms with Crippen LogP contribution >= 0.6 is 15.9 Å². The number of nitro groups is 1. The molecule has 0 unspecified atom stereocenters. The molecule has 0 saturated heterocycles. The van der Waals surface area contributed by atoms with Gasteiger partial charge in [-0.25, -0.2) is 5.43 Å². The summed E-state index contributed by atoms with van der Waals surface area (Å²) in [7, 11) is 1.43. The summed E-state index contributed by atoms with van der Waals surface area (Å²) in [5.41, 5.74) is 3.80. The lowest BCUT2D eigenvalue weighted by Crippen LogP contribution is -2.19. The number of benzene rings is 2. The van der Waals surface area contributed by atoms with E-state index in [4.69, 9.17) is 9.15 Å². The molecule has 0 atom stereocenters. The van der Waals surface area contributed by atoms with Gasteiger partial charge >= 0.3 is 0 Å². The second-order valence-corrected chi connectivity index (χ2v) is 6.86. The molecule has 0 aliphatic carbocycles. The number of nitrogens with zero attached hydrogens (tertiary/aromatic N) is 2. The Kier molecular flexibility index (Phi) is 6.40. The largest absolute Gasteiger partial charge is 0.496 e. The number of halogens is 1. The van der Waals surface area contributed by atoms with Crippen LogP contribution in [0, 0.1) is 10.1 Å². The first-order valence-corrected chi connectivity index (χ1v) is 9.24. The Morgan fingerprint density at radius 3 is 2.69 bits per heavy atom. The number of nitro benzene ring substituents is 1. The van der Waals surface area contributed by atoms with E-state index in [1.807, 2.05) is 24.3 Å². The third-order valence-electron chi connectivity index (χ3n) is 3.95. The molecule has 0 aliphatic rings. The second-order valence-electron chi connectivity index (χ2n) is 5.94. The van der Waals surface area contributed by atoms with Gasteiger partial charge in [-0.05, 0) is 35.9 Å². The number of nitrogens with one attached hydrogen (secondary N) is 1. The SMILES string of the molecule is COc1cc([N+](=O)[O-])ccc1-c1ccc(/C=N/NC(=O)Cc2ccc(Br)cc2)o1. The fourth-order valence-electron chi connectivity index (χ4n) is 2.56. The standard InChI is InChI=1S/C20H16BrN3O5/c1-28-19-11-15(24(26)27)6-8-17(19)18-9-7-16(29-18)12-22-23-20(25)10-13-2-4-14(21)5-3-13/h2-9,11-12H,10H2,1H3,(H,23,25)/b22-12+. The number of hydrogen-bond acceptors (Lipinski definition) is 6. The number of carbonyl (C=O) groups excluding carboxylic acids is 1. The average molecular weight is 458 g/mol. The molecule has 0 radical (unpaired) electrons. The molecule has 0 saturated carbocycles. The molecule has 2 aromatic carbocycles. The minimum atomic E-state index is -0.497. The fraction of sp³-hybridized carbons (Fsp3) is 0.100.